The number of ether oxygens (including phenoxy) is 2. The van der Waals surface area contributed by atoms with Gasteiger partial charge in [0.1, 0.15) is 0 Å². The van der Waals surface area contributed by atoms with Crippen LogP contribution in [0.25, 0.3) is 22.0 Å². The zero-order valence-electron chi connectivity index (χ0n) is 14.8. The van der Waals surface area contributed by atoms with Crippen LogP contribution in [0.2, 0.25) is 0 Å². The first-order valence-corrected chi connectivity index (χ1v) is 9.76. The molecule has 28 heavy (non-hydrogen) atoms. The summed E-state index contributed by atoms with van der Waals surface area (Å²) in [6, 6.07) is 19.9. The van der Waals surface area contributed by atoms with E-state index in [1.807, 2.05) is 41.8 Å². The van der Waals surface area contributed by atoms with Crippen LogP contribution in [0, 0.1) is 0 Å². The van der Waals surface area contributed by atoms with E-state index in [4.69, 9.17) is 9.47 Å². The quantitative estimate of drug-likeness (QED) is 0.542. The molecule has 5 rings (SSSR count). The number of anilines is 1. The number of hydrogen-bond acceptors (Lipinski definition) is 5. The number of hydrogen-bond donors (Lipinski definition) is 1. The lowest BCUT2D eigenvalue weighted by Crippen LogP contribution is -2.14. The summed E-state index contributed by atoms with van der Waals surface area (Å²) in [5, 5.41) is 7.77. The number of carbonyl (C=O) groups is 1. The number of aromatic nitrogens is 1. The van der Waals surface area contributed by atoms with E-state index in [0.29, 0.717) is 16.6 Å². The molecule has 4 aromatic rings. The Labute approximate surface area is 165 Å². The number of benzene rings is 3. The lowest BCUT2D eigenvalue weighted by Gasteiger charge is -2.04. The second kappa shape index (κ2) is 6.98. The van der Waals surface area contributed by atoms with E-state index in [9.17, 15) is 4.79 Å². The van der Waals surface area contributed by atoms with Gasteiger partial charge in [0.15, 0.2) is 16.6 Å². The van der Waals surface area contributed by atoms with Gasteiger partial charge in [-0.3, -0.25) is 4.79 Å². The van der Waals surface area contributed by atoms with E-state index in [-0.39, 0.29) is 19.1 Å². The highest BCUT2D eigenvalue weighted by atomic mass is 32.1. The van der Waals surface area contributed by atoms with Crippen molar-refractivity contribution in [3.63, 3.8) is 0 Å². The highest BCUT2D eigenvalue weighted by Gasteiger charge is 2.15. The van der Waals surface area contributed by atoms with Gasteiger partial charge in [0, 0.05) is 10.9 Å². The van der Waals surface area contributed by atoms with Crippen molar-refractivity contribution in [3.05, 3.63) is 71.6 Å². The number of thiazole rings is 1. The second-order valence-corrected chi connectivity index (χ2v) is 7.34. The van der Waals surface area contributed by atoms with E-state index in [1.165, 1.54) is 16.7 Å². The molecule has 1 aromatic heterocycles. The summed E-state index contributed by atoms with van der Waals surface area (Å²) in [7, 11) is 0. The summed E-state index contributed by atoms with van der Waals surface area (Å²) >= 11 is 1.42. The third-order valence-electron chi connectivity index (χ3n) is 4.62. The van der Waals surface area contributed by atoms with Crippen molar-refractivity contribution < 1.29 is 14.3 Å². The average molecular weight is 388 g/mol. The van der Waals surface area contributed by atoms with E-state index < -0.39 is 0 Å². The van der Waals surface area contributed by atoms with Gasteiger partial charge in [-0.25, -0.2) is 4.98 Å². The topological polar surface area (TPSA) is 60.5 Å². The van der Waals surface area contributed by atoms with E-state index in [1.54, 1.807) is 0 Å². The Morgan fingerprint density at radius 2 is 1.89 bits per heavy atom. The van der Waals surface area contributed by atoms with Crippen molar-refractivity contribution in [2.45, 2.75) is 6.42 Å². The van der Waals surface area contributed by atoms with Gasteiger partial charge < -0.3 is 14.8 Å². The molecule has 0 spiro atoms. The molecule has 0 saturated heterocycles. The van der Waals surface area contributed by atoms with Crippen molar-refractivity contribution in [2.75, 3.05) is 12.1 Å². The van der Waals surface area contributed by atoms with E-state index in [2.05, 4.69) is 34.6 Å². The Morgan fingerprint density at radius 3 is 2.86 bits per heavy atom. The molecule has 0 unspecified atom stereocenters. The SMILES string of the molecule is O=C(Cc1ccc2c(c1)OCO2)Nc1nc(-c2cccc3ccccc23)cs1. The highest BCUT2D eigenvalue weighted by molar-refractivity contribution is 7.14. The van der Waals surface area contributed by atoms with Crippen LogP contribution in [0.15, 0.2) is 66.0 Å². The monoisotopic (exact) mass is 388 g/mol. The van der Waals surface area contributed by atoms with Gasteiger partial charge in [-0.2, -0.15) is 0 Å². The maximum absolute atomic E-state index is 12.4. The molecule has 5 nitrogen and oxygen atoms in total. The molecule has 2 heterocycles. The fourth-order valence-corrected chi connectivity index (χ4v) is 4.03. The van der Waals surface area contributed by atoms with Crippen molar-refractivity contribution in [1.29, 1.82) is 0 Å². The second-order valence-electron chi connectivity index (χ2n) is 6.48. The number of carbonyl (C=O) groups excluding carboxylic acids is 1. The maximum Gasteiger partial charge on any atom is 0.231 e. The van der Waals surface area contributed by atoms with E-state index >= 15 is 0 Å². The number of nitrogens with zero attached hydrogens (tertiary/aromatic N) is 1. The summed E-state index contributed by atoms with van der Waals surface area (Å²) < 4.78 is 10.7. The Balaban J connectivity index is 1.33. The molecule has 6 heteroatoms. The third kappa shape index (κ3) is 3.18. The van der Waals surface area contributed by atoms with Gasteiger partial charge in [-0.1, -0.05) is 48.5 Å². The standard InChI is InChI=1S/C22H16N2O3S/c25-21(11-14-8-9-19-20(10-14)27-13-26-19)24-22-23-18(12-28-22)17-7-3-5-15-4-1-2-6-16(15)17/h1-10,12H,11,13H2,(H,23,24,25). The molecule has 0 bridgehead atoms. The number of fused-ring (bicyclic) bond motifs is 2. The molecule has 0 fully saturated rings. The van der Waals surface area contributed by atoms with Gasteiger partial charge in [-0.15, -0.1) is 11.3 Å². The number of nitrogens with one attached hydrogen (secondary N) is 1. The zero-order chi connectivity index (χ0) is 18.9. The molecule has 1 amide bonds. The fraction of sp³-hybridized carbons (Fsp3) is 0.0909. The van der Waals surface area contributed by atoms with Gasteiger partial charge in [0.2, 0.25) is 12.7 Å². The van der Waals surface area contributed by atoms with Crippen LogP contribution in [0.3, 0.4) is 0 Å². The molecule has 0 aliphatic carbocycles. The number of amides is 1. The molecule has 0 atom stereocenters. The van der Waals surface area contributed by atoms with Gasteiger partial charge in [-0.05, 0) is 28.5 Å². The van der Waals surface area contributed by atoms with Crippen molar-refractivity contribution in [2.24, 2.45) is 0 Å². The number of rotatable bonds is 4. The molecule has 1 N–H and O–H groups in total. The largest absolute Gasteiger partial charge is 0.454 e. The third-order valence-corrected chi connectivity index (χ3v) is 5.38. The van der Waals surface area contributed by atoms with Crippen LogP contribution in [-0.4, -0.2) is 17.7 Å². The van der Waals surface area contributed by atoms with Gasteiger partial charge >= 0.3 is 0 Å². The van der Waals surface area contributed by atoms with Crippen LogP contribution < -0.4 is 14.8 Å². The summed E-state index contributed by atoms with van der Waals surface area (Å²) in [5.41, 5.74) is 2.79. The van der Waals surface area contributed by atoms with Crippen LogP contribution in [-0.2, 0) is 11.2 Å². The van der Waals surface area contributed by atoms with Gasteiger partial charge in [0.05, 0.1) is 12.1 Å². The Kier molecular flexibility index (Phi) is 4.18. The molecule has 0 radical (unpaired) electrons. The summed E-state index contributed by atoms with van der Waals surface area (Å²) in [5.74, 6) is 1.28. The highest BCUT2D eigenvalue weighted by Crippen LogP contribution is 2.33. The van der Waals surface area contributed by atoms with Gasteiger partial charge in [0.25, 0.3) is 0 Å². The normalized spacial score (nSPS) is 12.3. The minimum atomic E-state index is -0.113. The first-order valence-electron chi connectivity index (χ1n) is 8.88. The van der Waals surface area contributed by atoms with Crippen LogP contribution in [0.4, 0.5) is 5.13 Å². The first-order chi connectivity index (χ1) is 13.8. The molecular formula is C22H16N2O3S. The average Bonchev–Trinajstić information content (AvgIpc) is 3.36. The Bertz CT molecular complexity index is 1180. The lowest BCUT2D eigenvalue weighted by atomic mass is 10.0. The molecule has 138 valence electrons. The minimum Gasteiger partial charge on any atom is -0.454 e. The van der Waals surface area contributed by atoms with Crippen molar-refractivity contribution in [1.82, 2.24) is 4.98 Å². The Hall–Kier alpha value is -3.38. The molecule has 3 aromatic carbocycles. The van der Waals surface area contributed by atoms with E-state index in [0.717, 1.165) is 22.2 Å². The van der Waals surface area contributed by atoms with Crippen molar-refractivity contribution in [3.8, 4) is 22.8 Å². The summed E-state index contributed by atoms with van der Waals surface area (Å²) in [6.07, 6.45) is 0.250. The predicted octanol–water partition coefficient (Wildman–Crippen LogP) is 4.87. The Morgan fingerprint density at radius 1 is 1.04 bits per heavy atom. The summed E-state index contributed by atoms with van der Waals surface area (Å²) in [4.78, 5) is 17.0. The first kappa shape index (κ1) is 16.8. The maximum atomic E-state index is 12.4. The molecule has 1 aliphatic heterocycles. The van der Waals surface area contributed by atoms with Crippen LogP contribution >= 0.6 is 11.3 Å². The lowest BCUT2D eigenvalue weighted by molar-refractivity contribution is -0.115. The van der Waals surface area contributed by atoms with Crippen LogP contribution in [0.5, 0.6) is 11.5 Å². The molecule has 1 aliphatic rings. The molecule has 0 saturated carbocycles. The minimum absolute atomic E-state index is 0.113. The predicted molar refractivity (Wildman–Crippen MR) is 110 cm³/mol. The summed E-state index contributed by atoms with van der Waals surface area (Å²) in [6.45, 7) is 0.223. The molecular weight excluding hydrogens is 372 g/mol. The smallest absolute Gasteiger partial charge is 0.231 e. The van der Waals surface area contributed by atoms with Crippen LogP contribution in [0.1, 0.15) is 5.56 Å². The van der Waals surface area contributed by atoms with Crippen molar-refractivity contribution >= 4 is 33.1 Å². The fourth-order valence-electron chi connectivity index (χ4n) is 3.30. The zero-order valence-corrected chi connectivity index (χ0v) is 15.7.